The Labute approximate surface area is 131 Å². The molecule has 20 heavy (non-hydrogen) atoms. The van der Waals surface area contributed by atoms with E-state index in [1.54, 1.807) is 13.0 Å². The molecule has 0 N–H and O–H groups in total. The van der Waals surface area contributed by atoms with Gasteiger partial charge in [0.15, 0.2) is 0 Å². The Morgan fingerprint density at radius 3 is 2.80 bits per heavy atom. The molecule has 0 spiro atoms. The zero-order valence-electron chi connectivity index (χ0n) is 11.1. The van der Waals surface area contributed by atoms with E-state index in [9.17, 15) is 13.6 Å². The van der Waals surface area contributed by atoms with Crippen LogP contribution < -0.4 is 4.90 Å². The number of halogens is 2. The van der Waals surface area contributed by atoms with Gasteiger partial charge in [-0.15, -0.1) is 24.8 Å². The Morgan fingerprint density at radius 2 is 2.25 bits per heavy atom. The first-order chi connectivity index (χ1) is 8.98. The summed E-state index contributed by atoms with van der Waals surface area (Å²) >= 11 is 0. The number of carbonyl (C=O) groups is 1. The van der Waals surface area contributed by atoms with Crippen molar-refractivity contribution < 1.29 is 40.0 Å². The van der Waals surface area contributed by atoms with E-state index in [0.717, 1.165) is 6.07 Å². The van der Waals surface area contributed by atoms with Crippen molar-refractivity contribution in [2.45, 2.75) is 6.92 Å². The van der Waals surface area contributed by atoms with Gasteiger partial charge in [-0.1, -0.05) is 6.08 Å². The van der Waals surface area contributed by atoms with Crippen LogP contribution in [0, 0.1) is 23.1 Å². The quantitative estimate of drug-likeness (QED) is 0.274. The van der Waals surface area contributed by atoms with Gasteiger partial charge >= 0.3 is 0 Å². The van der Waals surface area contributed by atoms with E-state index in [1.807, 2.05) is 6.07 Å². The van der Waals surface area contributed by atoms with Crippen LogP contribution in [0.25, 0.3) is 0 Å². The molecule has 0 bridgehead atoms. The van der Waals surface area contributed by atoms with E-state index in [-0.39, 0.29) is 39.9 Å². The zero-order valence-corrected chi connectivity index (χ0v) is 12.6. The van der Waals surface area contributed by atoms with Crippen LogP contribution in [0.15, 0.2) is 24.8 Å². The molecule has 106 valence electrons. The smallest absolute Gasteiger partial charge is 0.226 e. The average Bonchev–Trinajstić information content (AvgIpc) is 2.37. The monoisotopic (exact) mass is 314 g/mol. The van der Waals surface area contributed by atoms with Crippen molar-refractivity contribution in [3.05, 3.63) is 42.5 Å². The first-order valence-electron chi connectivity index (χ1n) is 5.86. The molecule has 0 aromatic heterocycles. The van der Waals surface area contributed by atoms with E-state index < -0.39 is 17.0 Å². The van der Waals surface area contributed by atoms with Gasteiger partial charge in [0.25, 0.3) is 0 Å². The van der Waals surface area contributed by atoms with Crippen LogP contribution >= 0.6 is 0 Å². The number of carbonyl (C=O) groups excluding carboxylic acids is 1. The van der Waals surface area contributed by atoms with Gasteiger partial charge in [0.1, 0.15) is 0 Å². The summed E-state index contributed by atoms with van der Waals surface area (Å²) in [6, 6.07) is 4.23. The summed E-state index contributed by atoms with van der Waals surface area (Å²) in [6.07, 6.45) is 1.60. The van der Waals surface area contributed by atoms with Crippen molar-refractivity contribution in [1.29, 1.82) is 0 Å². The summed E-state index contributed by atoms with van der Waals surface area (Å²) in [7, 11) is 0. The number of nitrogens with zero attached hydrogens (tertiary/aromatic N) is 1. The fourth-order valence-corrected chi connectivity index (χ4v) is 2.04. The van der Waals surface area contributed by atoms with Gasteiger partial charge in [-0.3, -0.25) is 4.79 Å². The van der Waals surface area contributed by atoms with Crippen LogP contribution in [0.4, 0.5) is 14.5 Å². The van der Waals surface area contributed by atoms with Gasteiger partial charge in [0, 0.05) is 39.9 Å². The molecule has 0 aliphatic carbocycles. The fraction of sp³-hybridized carbons (Fsp3) is 0.357. The molecule has 1 saturated heterocycles. The number of anilines is 1. The maximum atomic E-state index is 13.5. The van der Waals surface area contributed by atoms with Gasteiger partial charge in [-0.05, 0) is 12.6 Å². The molecule has 1 aromatic carbocycles. The SMILES string of the molecule is C=CCOCC1(C)CN(c2ccc(F)[c-]c2F)C1=O.[Ti]. The average molecular weight is 314 g/mol. The Kier molecular flexibility index (Phi) is 5.63. The first-order valence-corrected chi connectivity index (χ1v) is 5.86. The predicted octanol–water partition coefficient (Wildman–Crippen LogP) is 2.32. The number of hydrogen-bond acceptors (Lipinski definition) is 2. The Hall–Kier alpha value is -1.04. The van der Waals surface area contributed by atoms with Crippen LogP contribution in [0.2, 0.25) is 0 Å². The molecular formula is C14H14F2NO2Ti-. The summed E-state index contributed by atoms with van der Waals surface area (Å²) in [5.41, 5.74) is -0.614. The van der Waals surface area contributed by atoms with Gasteiger partial charge in [-0.25, -0.2) is 8.78 Å². The minimum absolute atomic E-state index is 0. The van der Waals surface area contributed by atoms with Crippen molar-refractivity contribution >= 4 is 11.6 Å². The molecule has 0 radical (unpaired) electrons. The number of benzene rings is 1. The van der Waals surface area contributed by atoms with Crippen LogP contribution in [0.5, 0.6) is 0 Å². The Bertz CT molecular complexity index is 524. The third-order valence-corrected chi connectivity index (χ3v) is 3.06. The second-order valence-corrected chi connectivity index (χ2v) is 4.76. The summed E-state index contributed by atoms with van der Waals surface area (Å²) < 4.78 is 31.5. The van der Waals surface area contributed by atoms with Crippen molar-refractivity contribution in [3.63, 3.8) is 0 Å². The molecule has 1 amide bonds. The van der Waals surface area contributed by atoms with E-state index in [2.05, 4.69) is 6.58 Å². The van der Waals surface area contributed by atoms with Gasteiger partial charge in [-0.2, -0.15) is 0 Å². The molecular weight excluding hydrogens is 300 g/mol. The van der Waals surface area contributed by atoms with E-state index in [0.29, 0.717) is 13.2 Å². The molecule has 1 aliphatic rings. The number of β-lactam (4-membered cyclic amide) rings is 1. The van der Waals surface area contributed by atoms with Gasteiger partial charge in [0.05, 0.1) is 18.6 Å². The molecule has 3 nitrogen and oxygen atoms in total. The summed E-state index contributed by atoms with van der Waals surface area (Å²) in [4.78, 5) is 13.3. The largest absolute Gasteiger partial charge is 0.376 e. The van der Waals surface area contributed by atoms with Crippen molar-refractivity contribution in [2.75, 3.05) is 24.7 Å². The number of rotatable bonds is 5. The fourth-order valence-electron chi connectivity index (χ4n) is 2.04. The van der Waals surface area contributed by atoms with Crippen molar-refractivity contribution in [3.8, 4) is 0 Å². The summed E-state index contributed by atoms with van der Waals surface area (Å²) in [5.74, 6) is -1.89. The third-order valence-electron chi connectivity index (χ3n) is 3.06. The second-order valence-electron chi connectivity index (χ2n) is 4.76. The molecule has 6 heteroatoms. The van der Waals surface area contributed by atoms with Gasteiger partial charge in [0.2, 0.25) is 5.91 Å². The van der Waals surface area contributed by atoms with Crippen LogP contribution in [-0.4, -0.2) is 25.7 Å². The molecule has 1 unspecified atom stereocenters. The first kappa shape index (κ1) is 17.0. The maximum Gasteiger partial charge on any atom is 0.226 e. The molecule has 1 heterocycles. The van der Waals surface area contributed by atoms with Crippen LogP contribution in [-0.2, 0) is 31.2 Å². The topological polar surface area (TPSA) is 29.5 Å². The van der Waals surface area contributed by atoms with Crippen molar-refractivity contribution in [2.24, 2.45) is 5.41 Å². The summed E-state index contributed by atoms with van der Waals surface area (Å²) in [6.45, 7) is 6.21. The van der Waals surface area contributed by atoms with E-state index >= 15 is 0 Å². The minimum atomic E-state index is -0.859. The summed E-state index contributed by atoms with van der Waals surface area (Å²) in [5, 5.41) is 0. The number of amides is 1. The normalized spacial score (nSPS) is 21.1. The molecule has 1 atom stereocenters. The third kappa shape index (κ3) is 3.16. The van der Waals surface area contributed by atoms with Gasteiger partial charge < -0.3 is 9.64 Å². The standard InChI is InChI=1S/C14H14F2NO2.Ti/c1-3-6-19-9-14(2)8-17(13(14)18)12-5-4-10(15)7-11(12)16;/h3-5H,1,6,8-9H2,2H3;/q-1;. The maximum absolute atomic E-state index is 13.5. The van der Waals surface area contributed by atoms with E-state index in [1.165, 1.54) is 11.0 Å². The Morgan fingerprint density at radius 1 is 1.55 bits per heavy atom. The molecule has 1 aromatic rings. The Balaban J connectivity index is 0.00000200. The molecule has 1 aliphatic heterocycles. The van der Waals surface area contributed by atoms with Crippen molar-refractivity contribution in [1.82, 2.24) is 0 Å². The number of hydrogen-bond donors (Lipinski definition) is 0. The zero-order chi connectivity index (χ0) is 14.0. The molecule has 1 fully saturated rings. The minimum Gasteiger partial charge on any atom is -0.376 e. The second kappa shape index (κ2) is 6.61. The van der Waals surface area contributed by atoms with Crippen LogP contribution in [0.1, 0.15) is 6.92 Å². The van der Waals surface area contributed by atoms with Crippen LogP contribution in [0.3, 0.4) is 0 Å². The molecule has 2 rings (SSSR count). The molecule has 0 saturated carbocycles. The van der Waals surface area contributed by atoms with E-state index in [4.69, 9.17) is 4.74 Å². The predicted molar refractivity (Wildman–Crippen MR) is 66.7 cm³/mol. The number of ether oxygens (including phenoxy) is 1.